The second-order valence-electron chi connectivity index (χ2n) is 3.23. The Labute approximate surface area is 93.3 Å². The zero-order valence-corrected chi connectivity index (χ0v) is 8.78. The minimum atomic E-state index is -1.07. The molecule has 1 aromatic carbocycles. The normalized spacial score (nSPS) is 9.25. The van der Waals surface area contributed by atoms with Gasteiger partial charge in [-0.2, -0.15) is 0 Å². The van der Waals surface area contributed by atoms with Crippen LogP contribution in [0.15, 0.2) is 18.2 Å². The largest absolute Gasteiger partial charge is 0.478 e. The molecule has 0 unspecified atom stereocenters. The van der Waals surface area contributed by atoms with E-state index < -0.39 is 11.9 Å². The Balaban J connectivity index is 3.05. The third-order valence-corrected chi connectivity index (χ3v) is 2.02. The lowest BCUT2D eigenvalue weighted by atomic mass is 10.1. The number of aryl methyl sites for hydroxylation is 1. The van der Waals surface area contributed by atoms with Crippen LogP contribution in [0.3, 0.4) is 0 Å². The number of hydrogen-bond donors (Lipinski definition) is 2. The average Bonchev–Trinajstić information content (AvgIpc) is 2.17. The van der Waals surface area contributed by atoms with E-state index >= 15 is 0 Å². The maximum atomic E-state index is 11.3. The minimum absolute atomic E-state index is 0.0764. The monoisotopic (exact) mass is 217 g/mol. The number of carbonyl (C=O) groups is 2. The molecule has 4 heteroatoms. The van der Waals surface area contributed by atoms with Gasteiger partial charge >= 0.3 is 5.97 Å². The van der Waals surface area contributed by atoms with Crippen LogP contribution < -0.4 is 5.32 Å². The van der Waals surface area contributed by atoms with E-state index in [0.717, 1.165) is 0 Å². The van der Waals surface area contributed by atoms with Crippen molar-refractivity contribution >= 4 is 17.6 Å². The number of carboxylic acid groups (broad SMARTS) is 1. The Morgan fingerprint density at radius 3 is 2.75 bits per heavy atom. The highest BCUT2D eigenvalue weighted by Gasteiger charge is 2.14. The number of benzene rings is 1. The van der Waals surface area contributed by atoms with E-state index in [1.54, 1.807) is 19.1 Å². The van der Waals surface area contributed by atoms with Gasteiger partial charge in [-0.3, -0.25) is 4.79 Å². The maximum absolute atomic E-state index is 11.3. The van der Waals surface area contributed by atoms with Crippen LogP contribution in [0.4, 0.5) is 5.69 Å². The highest BCUT2D eigenvalue weighted by atomic mass is 16.4. The van der Waals surface area contributed by atoms with Crippen molar-refractivity contribution in [3.8, 4) is 12.3 Å². The van der Waals surface area contributed by atoms with Crippen LogP contribution in [0.5, 0.6) is 0 Å². The second-order valence-corrected chi connectivity index (χ2v) is 3.23. The molecular formula is C12H11NO3. The molecule has 0 aliphatic carbocycles. The topological polar surface area (TPSA) is 66.4 Å². The first kappa shape index (κ1) is 11.8. The molecule has 82 valence electrons. The molecule has 0 heterocycles. The van der Waals surface area contributed by atoms with E-state index in [0.29, 0.717) is 5.56 Å². The number of aromatic carboxylic acids is 1. The van der Waals surface area contributed by atoms with Gasteiger partial charge in [0.1, 0.15) is 0 Å². The SMILES string of the molecule is C#CCC(=O)Nc1cccc(C)c1C(=O)O. The molecule has 0 aliphatic heterocycles. The Bertz CT molecular complexity index is 472. The van der Waals surface area contributed by atoms with Crippen molar-refractivity contribution in [3.05, 3.63) is 29.3 Å². The van der Waals surface area contributed by atoms with Crippen molar-refractivity contribution in [1.29, 1.82) is 0 Å². The van der Waals surface area contributed by atoms with Gasteiger partial charge in [-0.15, -0.1) is 6.42 Å². The van der Waals surface area contributed by atoms with E-state index in [-0.39, 0.29) is 17.7 Å². The Hall–Kier alpha value is -2.28. The van der Waals surface area contributed by atoms with Crippen LogP contribution in [0, 0.1) is 19.3 Å². The molecule has 4 nitrogen and oxygen atoms in total. The first-order valence-corrected chi connectivity index (χ1v) is 4.62. The van der Waals surface area contributed by atoms with Crippen LogP contribution in [0.1, 0.15) is 22.3 Å². The third kappa shape index (κ3) is 2.61. The Morgan fingerprint density at radius 1 is 1.50 bits per heavy atom. The van der Waals surface area contributed by atoms with Gasteiger partial charge in [0.15, 0.2) is 0 Å². The van der Waals surface area contributed by atoms with Crippen LogP contribution in [-0.2, 0) is 4.79 Å². The lowest BCUT2D eigenvalue weighted by Crippen LogP contribution is -2.14. The van der Waals surface area contributed by atoms with Crippen molar-refractivity contribution in [3.63, 3.8) is 0 Å². The van der Waals surface area contributed by atoms with Gasteiger partial charge in [-0.1, -0.05) is 18.1 Å². The average molecular weight is 217 g/mol. The van der Waals surface area contributed by atoms with E-state index in [1.165, 1.54) is 6.07 Å². The smallest absolute Gasteiger partial charge is 0.338 e. The molecule has 0 aromatic heterocycles. The number of rotatable bonds is 3. The summed E-state index contributed by atoms with van der Waals surface area (Å²) in [5.74, 6) is 0.724. The van der Waals surface area contributed by atoms with Crippen molar-refractivity contribution in [2.45, 2.75) is 13.3 Å². The van der Waals surface area contributed by atoms with E-state index in [2.05, 4.69) is 11.2 Å². The lowest BCUT2D eigenvalue weighted by Gasteiger charge is -2.09. The molecule has 1 aromatic rings. The molecule has 0 bridgehead atoms. The highest BCUT2D eigenvalue weighted by molar-refractivity contribution is 6.01. The minimum Gasteiger partial charge on any atom is -0.478 e. The van der Waals surface area contributed by atoms with Crippen molar-refractivity contribution < 1.29 is 14.7 Å². The number of amides is 1. The molecule has 0 aliphatic rings. The fourth-order valence-corrected chi connectivity index (χ4v) is 1.34. The fourth-order valence-electron chi connectivity index (χ4n) is 1.34. The molecule has 2 N–H and O–H groups in total. The predicted octanol–water partition coefficient (Wildman–Crippen LogP) is 1.66. The summed E-state index contributed by atoms with van der Waals surface area (Å²) in [6, 6.07) is 4.87. The molecule has 16 heavy (non-hydrogen) atoms. The van der Waals surface area contributed by atoms with Crippen molar-refractivity contribution in [1.82, 2.24) is 0 Å². The number of anilines is 1. The number of hydrogen-bond acceptors (Lipinski definition) is 2. The van der Waals surface area contributed by atoms with Gasteiger partial charge in [0.2, 0.25) is 5.91 Å². The summed E-state index contributed by atoms with van der Waals surface area (Å²) in [6.45, 7) is 1.67. The van der Waals surface area contributed by atoms with Gasteiger partial charge in [0.25, 0.3) is 0 Å². The first-order valence-electron chi connectivity index (χ1n) is 4.62. The summed E-state index contributed by atoms with van der Waals surface area (Å²) in [5.41, 5.74) is 0.951. The van der Waals surface area contributed by atoms with Crippen LogP contribution in [-0.4, -0.2) is 17.0 Å². The van der Waals surface area contributed by atoms with Gasteiger partial charge in [0.05, 0.1) is 17.7 Å². The molecular weight excluding hydrogens is 206 g/mol. The van der Waals surface area contributed by atoms with E-state index in [4.69, 9.17) is 11.5 Å². The molecule has 1 amide bonds. The van der Waals surface area contributed by atoms with Gasteiger partial charge in [0, 0.05) is 0 Å². The summed E-state index contributed by atoms with van der Waals surface area (Å²) in [5, 5.41) is 11.5. The van der Waals surface area contributed by atoms with E-state index in [1.807, 2.05) is 0 Å². The van der Waals surface area contributed by atoms with Crippen LogP contribution in [0.25, 0.3) is 0 Å². The molecule has 0 spiro atoms. The predicted molar refractivity (Wildman–Crippen MR) is 60.2 cm³/mol. The van der Waals surface area contributed by atoms with Gasteiger partial charge in [-0.05, 0) is 18.6 Å². The van der Waals surface area contributed by atoms with Gasteiger partial charge in [-0.25, -0.2) is 4.79 Å². The molecule has 0 atom stereocenters. The third-order valence-electron chi connectivity index (χ3n) is 2.02. The summed E-state index contributed by atoms with van der Waals surface area (Å²) in [4.78, 5) is 22.2. The number of terminal acetylenes is 1. The zero-order chi connectivity index (χ0) is 12.1. The zero-order valence-electron chi connectivity index (χ0n) is 8.78. The molecule has 0 saturated heterocycles. The van der Waals surface area contributed by atoms with E-state index in [9.17, 15) is 9.59 Å². The first-order chi connectivity index (χ1) is 7.56. The van der Waals surface area contributed by atoms with Crippen LogP contribution >= 0.6 is 0 Å². The molecule has 1 rings (SSSR count). The number of carboxylic acids is 1. The molecule has 0 radical (unpaired) electrons. The summed E-state index contributed by atoms with van der Waals surface area (Å²) >= 11 is 0. The lowest BCUT2D eigenvalue weighted by molar-refractivity contribution is -0.115. The molecule has 0 saturated carbocycles. The van der Waals surface area contributed by atoms with Crippen molar-refractivity contribution in [2.24, 2.45) is 0 Å². The number of nitrogens with one attached hydrogen (secondary N) is 1. The summed E-state index contributed by atoms with van der Waals surface area (Å²) in [7, 11) is 0. The standard InChI is InChI=1S/C12H11NO3/c1-3-5-10(14)13-9-7-4-6-8(2)11(9)12(15)16/h1,4,6-7H,5H2,2H3,(H,13,14)(H,15,16). The maximum Gasteiger partial charge on any atom is 0.338 e. The Morgan fingerprint density at radius 2 is 2.19 bits per heavy atom. The summed E-state index contributed by atoms with van der Waals surface area (Å²) < 4.78 is 0. The van der Waals surface area contributed by atoms with Gasteiger partial charge < -0.3 is 10.4 Å². The summed E-state index contributed by atoms with van der Waals surface area (Å²) in [6.07, 6.45) is 4.91. The highest BCUT2D eigenvalue weighted by Crippen LogP contribution is 2.19. The number of carbonyl (C=O) groups excluding carboxylic acids is 1. The molecule has 0 fully saturated rings. The fraction of sp³-hybridized carbons (Fsp3) is 0.167. The second kappa shape index (κ2) is 4.99. The van der Waals surface area contributed by atoms with Crippen LogP contribution in [0.2, 0.25) is 0 Å². The quantitative estimate of drug-likeness (QED) is 0.756. The van der Waals surface area contributed by atoms with Crippen molar-refractivity contribution in [2.75, 3.05) is 5.32 Å². The Kier molecular flexibility index (Phi) is 3.67.